The Hall–Kier alpha value is -2.96. The smallest absolute Gasteiger partial charge is 0.322 e. The van der Waals surface area contributed by atoms with Crippen LogP contribution >= 0.6 is 0 Å². The summed E-state index contributed by atoms with van der Waals surface area (Å²) in [6.45, 7) is 0.523. The van der Waals surface area contributed by atoms with Gasteiger partial charge >= 0.3 is 6.03 Å². The molecule has 1 saturated heterocycles. The molecular formula is C22H22F2N4O. The first-order valence-corrected chi connectivity index (χ1v) is 9.98. The van der Waals surface area contributed by atoms with E-state index in [-0.39, 0.29) is 30.8 Å². The number of hydrogen-bond acceptors (Lipinski definition) is 2. The van der Waals surface area contributed by atoms with Gasteiger partial charge in [0.25, 0.3) is 0 Å². The van der Waals surface area contributed by atoms with E-state index in [2.05, 4.69) is 15.3 Å². The Kier molecular flexibility index (Phi) is 4.26. The van der Waals surface area contributed by atoms with Crippen molar-refractivity contribution < 1.29 is 13.6 Å². The molecule has 7 heteroatoms. The highest BCUT2D eigenvalue weighted by atomic mass is 19.3. The van der Waals surface area contributed by atoms with E-state index >= 15 is 0 Å². The summed E-state index contributed by atoms with van der Waals surface area (Å²) in [5, 5.41) is 2.92. The number of hydrogen-bond donors (Lipinski definition) is 2. The molecule has 29 heavy (non-hydrogen) atoms. The molecule has 5 rings (SSSR count). The third-order valence-corrected chi connectivity index (χ3v) is 6.17. The fraction of sp³-hybridized carbons (Fsp3) is 0.364. The van der Waals surface area contributed by atoms with Crippen LogP contribution in [-0.2, 0) is 0 Å². The average molecular weight is 396 g/mol. The standard InChI is InChI=1S/C22H22F2N4O/c23-22(24)9-7-15(8-10-22)14-1-3-16(4-2-14)20-12-25-21(29)28(20)17-5-6-18-19(11-17)27-13-26-18/h1-6,11,13,15,20H,7-10,12H2,(H,25,29)(H,26,27)/t20-/m0/s1. The number of anilines is 1. The van der Waals surface area contributed by atoms with Gasteiger partial charge in [-0.2, -0.15) is 0 Å². The van der Waals surface area contributed by atoms with Crippen molar-refractivity contribution in [1.82, 2.24) is 15.3 Å². The second-order valence-electron chi connectivity index (χ2n) is 7.97. The van der Waals surface area contributed by atoms with Crippen molar-refractivity contribution in [2.75, 3.05) is 11.4 Å². The van der Waals surface area contributed by atoms with Gasteiger partial charge in [-0.15, -0.1) is 0 Å². The Balaban J connectivity index is 1.38. The lowest BCUT2D eigenvalue weighted by molar-refractivity contribution is -0.0382. The van der Waals surface area contributed by atoms with E-state index in [1.807, 2.05) is 42.5 Å². The molecule has 2 heterocycles. The number of amides is 2. The monoisotopic (exact) mass is 396 g/mol. The lowest BCUT2D eigenvalue weighted by atomic mass is 9.82. The van der Waals surface area contributed by atoms with Crippen LogP contribution in [0.2, 0.25) is 0 Å². The molecule has 0 radical (unpaired) electrons. The predicted molar refractivity (Wildman–Crippen MR) is 107 cm³/mol. The number of aromatic nitrogens is 2. The van der Waals surface area contributed by atoms with E-state index in [1.165, 1.54) is 0 Å². The molecule has 2 amide bonds. The van der Waals surface area contributed by atoms with Crippen molar-refractivity contribution in [1.29, 1.82) is 0 Å². The number of carbonyl (C=O) groups is 1. The first-order chi connectivity index (χ1) is 14.0. The maximum absolute atomic E-state index is 13.4. The quantitative estimate of drug-likeness (QED) is 0.645. The highest BCUT2D eigenvalue weighted by molar-refractivity contribution is 5.97. The Morgan fingerprint density at radius 1 is 1.03 bits per heavy atom. The molecule has 1 aliphatic carbocycles. The number of nitrogens with zero attached hydrogens (tertiary/aromatic N) is 2. The highest BCUT2D eigenvalue weighted by Gasteiger charge is 2.36. The highest BCUT2D eigenvalue weighted by Crippen LogP contribution is 2.41. The Morgan fingerprint density at radius 2 is 1.76 bits per heavy atom. The number of benzene rings is 2. The molecule has 2 N–H and O–H groups in total. The Morgan fingerprint density at radius 3 is 2.52 bits per heavy atom. The van der Waals surface area contributed by atoms with E-state index in [0.717, 1.165) is 27.8 Å². The average Bonchev–Trinajstić information content (AvgIpc) is 3.34. The lowest BCUT2D eigenvalue weighted by Crippen LogP contribution is -2.29. The van der Waals surface area contributed by atoms with Gasteiger partial charge in [-0.05, 0) is 48.1 Å². The van der Waals surface area contributed by atoms with Gasteiger partial charge in [-0.3, -0.25) is 4.90 Å². The molecule has 1 saturated carbocycles. The van der Waals surface area contributed by atoms with Crippen molar-refractivity contribution in [2.45, 2.75) is 43.6 Å². The lowest BCUT2D eigenvalue weighted by Gasteiger charge is -2.29. The van der Waals surface area contributed by atoms with Crippen LogP contribution in [0.15, 0.2) is 48.8 Å². The summed E-state index contributed by atoms with van der Waals surface area (Å²) in [6.07, 6.45) is 2.60. The van der Waals surface area contributed by atoms with Crippen LogP contribution in [-0.4, -0.2) is 28.5 Å². The number of carbonyl (C=O) groups excluding carboxylic acids is 1. The van der Waals surface area contributed by atoms with Crippen LogP contribution in [0.25, 0.3) is 11.0 Å². The predicted octanol–water partition coefficient (Wildman–Crippen LogP) is 5.13. The zero-order valence-corrected chi connectivity index (χ0v) is 15.9. The normalized spacial score (nSPS) is 22.2. The third-order valence-electron chi connectivity index (χ3n) is 6.17. The summed E-state index contributed by atoms with van der Waals surface area (Å²) in [7, 11) is 0. The molecule has 1 atom stereocenters. The van der Waals surface area contributed by atoms with E-state index in [9.17, 15) is 13.6 Å². The van der Waals surface area contributed by atoms with Gasteiger partial charge in [0.2, 0.25) is 5.92 Å². The van der Waals surface area contributed by atoms with Gasteiger partial charge < -0.3 is 10.3 Å². The molecule has 2 aromatic carbocycles. The van der Waals surface area contributed by atoms with Gasteiger partial charge in [0, 0.05) is 25.1 Å². The molecule has 2 aliphatic rings. The summed E-state index contributed by atoms with van der Waals surface area (Å²) >= 11 is 0. The maximum Gasteiger partial charge on any atom is 0.322 e. The first kappa shape index (κ1) is 18.1. The molecule has 0 spiro atoms. The number of imidazole rings is 1. The topological polar surface area (TPSA) is 61.0 Å². The molecule has 3 aromatic rings. The number of aromatic amines is 1. The van der Waals surface area contributed by atoms with E-state index in [1.54, 1.807) is 11.2 Å². The summed E-state index contributed by atoms with van der Waals surface area (Å²) < 4.78 is 26.9. The second-order valence-corrected chi connectivity index (χ2v) is 7.97. The second kappa shape index (κ2) is 6.83. The summed E-state index contributed by atoms with van der Waals surface area (Å²) in [6, 6.07) is 13.6. The molecule has 150 valence electrons. The third kappa shape index (κ3) is 3.34. The molecule has 0 unspecified atom stereocenters. The summed E-state index contributed by atoms with van der Waals surface area (Å²) in [5.41, 5.74) is 4.67. The van der Waals surface area contributed by atoms with Crippen LogP contribution in [0.4, 0.5) is 19.3 Å². The van der Waals surface area contributed by atoms with Crippen LogP contribution in [0.3, 0.4) is 0 Å². The van der Waals surface area contributed by atoms with Crippen molar-refractivity contribution in [2.24, 2.45) is 0 Å². The minimum Gasteiger partial charge on any atom is -0.345 e. The van der Waals surface area contributed by atoms with E-state index in [4.69, 9.17) is 0 Å². The fourth-order valence-electron chi connectivity index (χ4n) is 4.50. The van der Waals surface area contributed by atoms with Crippen molar-refractivity contribution in [3.05, 3.63) is 59.9 Å². The maximum atomic E-state index is 13.4. The Bertz CT molecular complexity index is 1040. The van der Waals surface area contributed by atoms with Gasteiger partial charge in [-0.1, -0.05) is 24.3 Å². The van der Waals surface area contributed by atoms with Crippen LogP contribution in [0.1, 0.15) is 48.8 Å². The van der Waals surface area contributed by atoms with Crippen LogP contribution < -0.4 is 10.2 Å². The van der Waals surface area contributed by atoms with Crippen molar-refractivity contribution >= 4 is 22.8 Å². The minimum absolute atomic E-state index is 0.0374. The molecule has 2 fully saturated rings. The van der Waals surface area contributed by atoms with Gasteiger partial charge in [0.15, 0.2) is 0 Å². The number of halogens is 2. The first-order valence-electron chi connectivity index (χ1n) is 9.98. The number of H-pyrrole nitrogens is 1. The molecule has 1 aromatic heterocycles. The van der Waals surface area contributed by atoms with Crippen LogP contribution in [0.5, 0.6) is 0 Å². The molecular weight excluding hydrogens is 374 g/mol. The number of urea groups is 1. The fourth-order valence-corrected chi connectivity index (χ4v) is 4.50. The van der Waals surface area contributed by atoms with Gasteiger partial charge in [0.05, 0.1) is 23.4 Å². The molecule has 1 aliphatic heterocycles. The largest absolute Gasteiger partial charge is 0.345 e. The molecule has 0 bridgehead atoms. The summed E-state index contributed by atoms with van der Waals surface area (Å²) in [4.78, 5) is 21.6. The zero-order valence-electron chi connectivity index (χ0n) is 15.9. The minimum atomic E-state index is -2.51. The van der Waals surface area contributed by atoms with Gasteiger partial charge in [0.1, 0.15) is 0 Å². The molecule has 5 nitrogen and oxygen atoms in total. The zero-order chi connectivity index (χ0) is 20.0. The van der Waals surface area contributed by atoms with Crippen molar-refractivity contribution in [3.8, 4) is 0 Å². The van der Waals surface area contributed by atoms with Crippen LogP contribution in [0, 0.1) is 0 Å². The number of fused-ring (bicyclic) bond motifs is 1. The van der Waals surface area contributed by atoms with Gasteiger partial charge in [-0.25, -0.2) is 18.6 Å². The van der Waals surface area contributed by atoms with Crippen molar-refractivity contribution in [3.63, 3.8) is 0 Å². The number of alkyl halides is 2. The Labute approximate surface area is 167 Å². The van der Waals surface area contributed by atoms with E-state index in [0.29, 0.717) is 19.4 Å². The van der Waals surface area contributed by atoms with E-state index < -0.39 is 5.92 Å². The SMILES string of the molecule is O=C1NC[C@@H](c2ccc(C3CCC(F)(F)CC3)cc2)N1c1ccc2nc[nH]c2c1. The summed E-state index contributed by atoms with van der Waals surface area (Å²) in [5.74, 6) is -2.33. The number of nitrogens with one attached hydrogen (secondary N) is 2. The number of rotatable bonds is 3.